The molecule has 3 aromatic carbocycles. The smallest absolute Gasteiger partial charge is 0.241 e. The summed E-state index contributed by atoms with van der Waals surface area (Å²) in [5.41, 5.74) is 3.31. The van der Waals surface area contributed by atoms with Crippen molar-refractivity contribution in [3.63, 3.8) is 0 Å². The van der Waals surface area contributed by atoms with Crippen LogP contribution in [0.15, 0.2) is 89.5 Å². The van der Waals surface area contributed by atoms with Gasteiger partial charge in [0.05, 0.1) is 19.2 Å². The molecule has 0 amide bonds. The van der Waals surface area contributed by atoms with E-state index in [1.807, 2.05) is 36.4 Å². The fraction of sp³-hybridized carbons (Fsp3) is 0.167. The first-order valence-electron chi connectivity index (χ1n) is 9.58. The molecule has 0 fully saturated rings. The van der Waals surface area contributed by atoms with Gasteiger partial charge in [0.25, 0.3) is 0 Å². The van der Waals surface area contributed by atoms with E-state index >= 15 is 0 Å². The molecule has 0 atom stereocenters. The molecule has 0 aliphatic rings. The lowest BCUT2D eigenvalue weighted by atomic mass is 10.1. The van der Waals surface area contributed by atoms with Crippen LogP contribution in [0.5, 0.6) is 5.75 Å². The molecular weight excluding hydrogens is 362 g/mol. The number of benzene rings is 3. The van der Waals surface area contributed by atoms with E-state index in [4.69, 9.17) is 9.26 Å². The third-order valence-corrected chi connectivity index (χ3v) is 4.67. The minimum atomic E-state index is 0.539. The highest BCUT2D eigenvalue weighted by Crippen LogP contribution is 2.27. The Morgan fingerprint density at radius 3 is 1.97 bits per heavy atom. The van der Waals surface area contributed by atoms with Gasteiger partial charge in [0, 0.05) is 13.1 Å². The van der Waals surface area contributed by atoms with Gasteiger partial charge in [-0.15, -0.1) is 0 Å². The summed E-state index contributed by atoms with van der Waals surface area (Å²) in [5.74, 6) is 1.85. The molecule has 0 saturated heterocycles. The summed E-state index contributed by atoms with van der Waals surface area (Å²) in [6, 6.07) is 28.5. The molecule has 1 heterocycles. The summed E-state index contributed by atoms with van der Waals surface area (Å²) in [7, 11) is 1.64. The highest BCUT2D eigenvalue weighted by Gasteiger charge is 2.16. The van der Waals surface area contributed by atoms with Crippen LogP contribution >= 0.6 is 0 Å². The van der Waals surface area contributed by atoms with E-state index in [2.05, 4.69) is 63.6 Å². The minimum absolute atomic E-state index is 0.539. The lowest BCUT2D eigenvalue weighted by Gasteiger charge is -2.20. The number of ether oxygens (including phenoxy) is 1. The quantitative estimate of drug-likeness (QED) is 0.430. The van der Waals surface area contributed by atoms with E-state index in [0.717, 1.165) is 24.4 Å². The predicted octanol–water partition coefficient (Wildman–Crippen LogP) is 4.95. The van der Waals surface area contributed by atoms with Gasteiger partial charge in [-0.3, -0.25) is 4.90 Å². The van der Waals surface area contributed by atoms with E-state index in [0.29, 0.717) is 18.3 Å². The number of methoxy groups -OCH3 is 1. The second-order valence-electron chi connectivity index (χ2n) is 6.83. The monoisotopic (exact) mass is 385 g/mol. The molecule has 1 aromatic heterocycles. The third-order valence-electron chi connectivity index (χ3n) is 4.67. The van der Waals surface area contributed by atoms with Crippen molar-refractivity contribution in [3.8, 4) is 17.1 Å². The van der Waals surface area contributed by atoms with Gasteiger partial charge in [0.1, 0.15) is 5.75 Å². The summed E-state index contributed by atoms with van der Waals surface area (Å²) in [6.45, 7) is 2.15. The van der Waals surface area contributed by atoms with Gasteiger partial charge in [0.2, 0.25) is 11.7 Å². The fourth-order valence-electron chi connectivity index (χ4n) is 3.30. The Bertz CT molecular complexity index is 991. The average molecular weight is 385 g/mol. The van der Waals surface area contributed by atoms with Gasteiger partial charge in [-0.05, 0) is 23.3 Å². The van der Waals surface area contributed by atoms with Crippen molar-refractivity contribution in [2.75, 3.05) is 7.11 Å². The first-order valence-corrected chi connectivity index (χ1v) is 9.58. The van der Waals surface area contributed by atoms with Crippen LogP contribution in [0.4, 0.5) is 0 Å². The molecule has 0 aliphatic heterocycles. The van der Waals surface area contributed by atoms with Crippen molar-refractivity contribution in [3.05, 3.63) is 102 Å². The molecule has 0 bridgehead atoms. The Labute approximate surface area is 170 Å². The second-order valence-corrected chi connectivity index (χ2v) is 6.83. The Hall–Kier alpha value is -3.44. The Morgan fingerprint density at radius 1 is 0.759 bits per heavy atom. The van der Waals surface area contributed by atoms with Crippen molar-refractivity contribution < 1.29 is 9.26 Å². The highest BCUT2D eigenvalue weighted by molar-refractivity contribution is 5.63. The number of rotatable bonds is 8. The number of nitrogens with zero attached hydrogens (tertiary/aromatic N) is 3. The zero-order chi connectivity index (χ0) is 19.9. The first-order chi connectivity index (χ1) is 14.3. The van der Waals surface area contributed by atoms with Crippen molar-refractivity contribution >= 4 is 0 Å². The van der Waals surface area contributed by atoms with Gasteiger partial charge >= 0.3 is 0 Å². The molecule has 5 heteroatoms. The van der Waals surface area contributed by atoms with Crippen molar-refractivity contribution in [2.45, 2.75) is 19.6 Å². The number of hydrogen-bond donors (Lipinski definition) is 0. The number of hydrogen-bond acceptors (Lipinski definition) is 5. The maximum absolute atomic E-state index is 5.57. The summed E-state index contributed by atoms with van der Waals surface area (Å²) >= 11 is 0. The molecule has 4 rings (SSSR count). The maximum Gasteiger partial charge on any atom is 0.241 e. The Balaban J connectivity index is 1.55. The van der Waals surface area contributed by atoms with Crippen LogP contribution in [0, 0.1) is 0 Å². The topological polar surface area (TPSA) is 51.4 Å². The second kappa shape index (κ2) is 9.17. The molecule has 0 spiro atoms. The molecule has 146 valence electrons. The van der Waals surface area contributed by atoms with Gasteiger partial charge in [-0.2, -0.15) is 4.98 Å². The number of aromatic nitrogens is 2. The molecule has 29 heavy (non-hydrogen) atoms. The van der Waals surface area contributed by atoms with Gasteiger partial charge in [0.15, 0.2) is 0 Å². The minimum Gasteiger partial charge on any atom is -0.496 e. The molecule has 0 saturated carbocycles. The molecule has 0 aliphatic carbocycles. The average Bonchev–Trinajstić information content (AvgIpc) is 3.23. The lowest BCUT2D eigenvalue weighted by molar-refractivity contribution is 0.211. The Morgan fingerprint density at radius 2 is 1.34 bits per heavy atom. The van der Waals surface area contributed by atoms with Crippen molar-refractivity contribution in [1.82, 2.24) is 15.0 Å². The molecule has 4 aromatic rings. The zero-order valence-electron chi connectivity index (χ0n) is 16.4. The first kappa shape index (κ1) is 18.9. The predicted molar refractivity (Wildman–Crippen MR) is 112 cm³/mol. The van der Waals surface area contributed by atoms with Crippen LogP contribution < -0.4 is 4.74 Å². The highest BCUT2D eigenvalue weighted by atomic mass is 16.5. The molecule has 5 nitrogen and oxygen atoms in total. The maximum atomic E-state index is 5.57. The van der Waals surface area contributed by atoms with Gasteiger partial charge in [-0.1, -0.05) is 78.0 Å². The standard InChI is InChI=1S/C24H23N3O2/c1-28-22-15-9-8-14-21(22)24-25-23(29-26-24)18-27(16-19-10-4-2-5-11-19)17-20-12-6-3-7-13-20/h2-15H,16-18H2,1H3. The van der Waals surface area contributed by atoms with Crippen LogP contribution in [0.3, 0.4) is 0 Å². The lowest BCUT2D eigenvalue weighted by Crippen LogP contribution is -2.22. The van der Waals surface area contributed by atoms with Gasteiger partial charge in [-0.25, -0.2) is 0 Å². The van der Waals surface area contributed by atoms with Gasteiger partial charge < -0.3 is 9.26 Å². The Kier molecular flexibility index (Phi) is 5.98. The van der Waals surface area contributed by atoms with Crippen molar-refractivity contribution in [1.29, 1.82) is 0 Å². The normalized spacial score (nSPS) is 11.0. The van der Waals surface area contributed by atoms with E-state index in [1.54, 1.807) is 7.11 Å². The van der Waals surface area contributed by atoms with E-state index in [9.17, 15) is 0 Å². The van der Waals surface area contributed by atoms with Crippen LogP contribution in [0.1, 0.15) is 17.0 Å². The van der Waals surface area contributed by atoms with E-state index < -0.39 is 0 Å². The summed E-state index contributed by atoms with van der Waals surface area (Å²) in [5, 5.41) is 4.17. The molecule has 0 N–H and O–H groups in total. The van der Waals surface area contributed by atoms with Crippen LogP contribution in [-0.2, 0) is 19.6 Å². The fourth-order valence-corrected chi connectivity index (χ4v) is 3.30. The molecule has 0 unspecified atom stereocenters. The largest absolute Gasteiger partial charge is 0.496 e. The molecule has 0 radical (unpaired) electrons. The number of para-hydroxylation sites is 1. The van der Waals surface area contributed by atoms with E-state index in [1.165, 1.54) is 11.1 Å². The van der Waals surface area contributed by atoms with Crippen LogP contribution in [-0.4, -0.2) is 22.2 Å². The van der Waals surface area contributed by atoms with E-state index in [-0.39, 0.29) is 0 Å². The van der Waals surface area contributed by atoms with Crippen LogP contribution in [0.2, 0.25) is 0 Å². The van der Waals surface area contributed by atoms with Crippen LogP contribution in [0.25, 0.3) is 11.4 Å². The zero-order valence-corrected chi connectivity index (χ0v) is 16.4. The summed E-state index contributed by atoms with van der Waals surface area (Å²) in [6.07, 6.45) is 0. The molecular formula is C24H23N3O2. The third kappa shape index (κ3) is 4.89. The summed E-state index contributed by atoms with van der Waals surface area (Å²) < 4.78 is 11.0. The summed E-state index contributed by atoms with van der Waals surface area (Å²) in [4.78, 5) is 6.91. The SMILES string of the molecule is COc1ccccc1-c1noc(CN(Cc2ccccc2)Cc2ccccc2)n1. The van der Waals surface area contributed by atoms with Crippen molar-refractivity contribution in [2.24, 2.45) is 0 Å².